The molecule has 0 aliphatic rings. The molecule has 8 heteroatoms. The van der Waals surface area contributed by atoms with E-state index in [1.807, 2.05) is 5.38 Å². The van der Waals surface area contributed by atoms with E-state index < -0.39 is 10.0 Å². The number of rotatable bonds is 7. The third-order valence-electron chi connectivity index (χ3n) is 3.09. The van der Waals surface area contributed by atoms with Crippen LogP contribution in [0.1, 0.15) is 22.5 Å². The average Bonchev–Trinajstić information content (AvgIpc) is 3.07. The van der Waals surface area contributed by atoms with Crippen molar-refractivity contribution in [1.82, 2.24) is 4.72 Å². The van der Waals surface area contributed by atoms with Gasteiger partial charge in [-0.15, -0.1) is 11.3 Å². The van der Waals surface area contributed by atoms with E-state index in [0.717, 1.165) is 0 Å². The van der Waals surface area contributed by atoms with Gasteiger partial charge in [0, 0.05) is 18.5 Å². The molecule has 0 bridgehead atoms. The van der Waals surface area contributed by atoms with Gasteiger partial charge in [0.1, 0.15) is 0 Å². The summed E-state index contributed by atoms with van der Waals surface area (Å²) in [4.78, 5) is 24.4. The van der Waals surface area contributed by atoms with Gasteiger partial charge in [-0.25, -0.2) is 13.1 Å². The summed E-state index contributed by atoms with van der Waals surface area (Å²) < 4.78 is 25.4. The largest absolute Gasteiger partial charge is 0.326 e. The van der Waals surface area contributed by atoms with Crippen LogP contribution in [0.25, 0.3) is 0 Å². The van der Waals surface area contributed by atoms with Gasteiger partial charge in [-0.3, -0.25) is 9.59 Å². The van der Waals surface area contributed by atoms with Crippen molar-refractivity contribution in [3.05, 3.63) is 46.7 Å². The number of carbonyl (C=O) groups excluding carboxylic acids is 2. The number of hydrogen-bond donors (Lipinski definition) is 2. The monoisotopic (exact) mass is 352 g/mol. The van der Waals surface area contributed by atoms with Crippen molar-refractivity contribution in [3.8, 4) is 0 Å². The summed E-state index contributed by atoms with van der Waals surface area (Å²) >= 11 is 1.35. The molecule has 1 heterocycles. The number of nitrogens with one attached hydrogen (secondary N) is 2. The van der Waals surface area contributed by atoms with Crippen LogP contribution in [0.5, 0.6) is 0 Å². The molecule has 0 spiro atoms. The topological polar surface area (TPSA) is 92.3 Å². The molecule has 122 valence electrons. The number of thiophene rings is 1. The van der Waals surface area contributed by atoms with Crippen LogP contribution in [0.3, 0.4) is 0 Å². The fourth-order valence-electron chi connectivity index (χ4n) is 1.85. The molecule has 0 aliphatic heterocycles. The molecule has 6 nitrogen and oxygen atoms in total. The molecule has 2 rings (SSSR count). The van der Waals surface area contributed by atoms with Crippen molar-refractivity contribution in [2.75, 3.05) is 12.4 Å². The number of carbonyl (C=O) groups is 2. The molecule has 2 N–H and O–H groups in total. The van der Waals surface area contributed by atoms with E-state index in [2.05, 4.69) is 10.0 Å². The van der Waals surface area contributed by atoms with Crippen LogP contribution < -0.4 is 10.0 Å². The summed E-state index contributed by atoms with van der Waals surface area (Å²) in [6.45, 7) is 0. The van der Waals surface area contributed by atoms with Gasteiger partial charge in [-0.05, 0) is 42.8 Å². The Morgan fingerprint density at radius 1 is 1.09 bits per heavy atom. The summed E-state index contributed by atoms with van der Waals surface area (Å²) in [6, 6.07) is 9.33. The van der Waals surface area contributed by atoms with E-state index in [1.165, 1.54) is 42.6 Å². The third-order valence-corrected chi connectivity index (χ3v) is 5.43. The van der Waals surface area contributed by atoms with Crippen molar-refractivity contribution in [3.63, 3.8) is 0 Å². The predicted molar refractivity (Wildman–Crippen MR) is 89.2 cm³/mol. The van der Waals surface area contributed by atoms with E-state index in [0.29, 0.717) is 10.6 Å². The average molecular weight is 352 g/mol. The Hall–Kier alpha value is -2.03. The molecule has 1 amide bonds. The lowest BCUT2D eigenvalue weighted by molar-refractivity contribution is -0.116. The van der Waals surface area contributed by atoms with Crippen LogP contribution in [-0.2, 0) is 14.8 Å². The quantitative estimate of drug-likeness (QED) is 0.748. The highest BCUT2D eigenvalue weighted by Crippen LogP contribution is 2.15. The third kappa shape index (κ3) is 4.72. The minimum absolute atomic E-state index is 0.0642. The summed E-state index contributed by atoms with van der Waals surface area (Å²) in [5, 5.41) is 4.45. The fourth-order valence-corrected chi connectivity index (χ4v) is 3.27. The van der Waals surface area contributed by atoms with Crippen molar-refractivity contribution in [2.24, 2.45) is 0 Å². The zero-order valence-electron chi connectivity index (χ0n) is 12.4. The van der Waals surface area contributed by atoms with Crippen molar-refractivity contribution >= 4 is 38.7 Å². The number of ketones is 1. The van der Waals surface area contributed by atoms with Crippen LogP contribution in [-0.4, -0.2) is 27.2 Å². The molecule has 0 unspecified atom stereocenters. The second kappa shape index (κ2) is 7.49. The Labute approximate surface area is 138 Å². The standard InChI is InChI=1S/C15H16N2O4S2/c1-16-23(20,21)12-6-4-11(5-7-12)17-15(19)9-8-13(18)14-3-2-10-22-14/h2-7,10,16H,8-9H2,1H3,(H,17,19). The van der Waals surface area contributed by atoms with E-state index in [1.54, 1.807) is 12.1 Å². The van der Waals surface area contributed by atoms with Gasteiger partial charge in [-0.2, -0.15) is 0 Å². The highest BCUT2D eigenvalue weighted by molar-refractivity contribution is 7.89. The molecule has 2 aromatic rings. The number of benzene rings is 1. The number of amides is 1. The number of sulfonamides is 1. The Balaban J connectivity index is 1.89. The Morgan fingerprint density at radius 3 is 2.35 bits per heavy atom. The van der Waals surface area contributed by atoms with Gasteiger partial charge in [0.25, 0.3) is 0 Å². The Bertz CT molecular complexity index is 781. The molecular formula is C15H16N2O4S2. The van der Waals surface area contributed by atoms with E-state index >= 15 is 0 Å². The van der Waals surface area contributed by atoms with E-state index in [9.17, 15) is 18.0 Å². The van der Waals surface area contributed by atoms with Crippen LogP contribution in [0, 0.1) is 0 Å². The smallest absolute Gasteiger partial charge is 0.240 e. The lowest BCUT2D eigenvalue weighted by Gasteiger charge is -2.06. The Kier molecular flexibility index (Phi) is 5.64. The second-order valence-corrected chi connectivity index (χ2v) is 7.51. The summed E-state index contributed by atoms with van der Waals surface area (Å²) in [5.41, 5.74) is 0.480. The number of hydrogen-bond acceptors (Lipinski definition) is 5. The maximum absolute atomic E-state index is 11.8. The lowest BCUT2D eigenvalue weighted by Crippen LogP contribution is -2.18. The minimum atomic E-state index is -3.50. The first-order chi connectivity index (χ1) is 10.9. The van der Waals surface area contributed by atoms with Gasteiger partial charge >= 0.3 is 0 Å². The molecule has 1 aromatic carbocycles. The lowest BCUT2D eigenvalue weighted by atomic mass is 10.2. The van der Waals surface area contributed by atoms with Gasteiger partial charge in [0.15, 0.2) is 5.78 Å². The van der Waals surface area contributed by atoms with Crippen molar-refractivity contribution in [2.45, 2.75) is 17.7 Å². The molecule has 1 aromatic heterocycles. The normalized spacial score (nSPS) is 11.2. The second-order valence-electron chi connectivity index (χ2n) is 4.68. The highest BCUT2D eigenvalue weighted by atomic mass is 32.2. The molecule has 0 saturated carbocycles. The minimum Gasteiger partial charge on any atom is -0.326 e. The predicted octanol–water partition coefficient (Wildman–Crippen LogP) is 2.26. The molecular weight excluding hydrogens is 336 g/mol. The van der Waals surface area contributed by atoms with Crippen molar-refractivity contribution < 1.29 is 18.0 Å². The molecule has 0 aliphatic carbocycles. The van der Waals surface area contributed by atoms with Crippen LogP contribution in [0.15, 0.2) is 46.7 Å². The summed E-state index contributed by atoms with van der Waals surface area (Å²) in [6.07, 6.45) is 0.214. The van der Waals surface area contributed by atoms with Crippen molar-refractivity contribution in [1.29, 1.82) is 0 Å². The SMILES string of the molecule is CNS(=O)(=O)c1ccc(NC(=O)CCC(=O)c2cccs2)cc1. The first kappa shape index (κ1) is 17.3. The molecule has 0 atom stereocenters. The fraction of sp³-hybridized carbons (Fsp3) is 0.200. The maximum Gasteiger partial charge on any atom is 0.240 e. The summed E-state index contributed by atoms with van der Waals surface area (Å²) in [5.74, 6) is -0.357. The van der Waals surface area contributed by atoms with Gasteiger partial charge < -0.3 is 5.32 Å². The first-order valence-corrected chi connectivity index (χ1v) is 9.19. The van der Waals surface area contributed by atoms with E-state index in [4.69, 9.17) is 0 Å². The number of Topliss-reactive ketones (excluding diaryl/α,β-unsaturated/α-hetero) is 1. The van der Waals surface area contributed by atoms with Gasteiger partial charge in [0.2, 0.25) is 15.9 Å². The Morgan fingerprint density at radius 2 is 1.78 bits per heavy atom. The molecule has 0 radical (unpaired) electrons. The number of anilines is 1. The van der Waals surface area contributed by atoms with Crippen LogP contribution in [0.2, 0.25) is 0 Å². The zero-order valence-corrected chi connectivity index (χ0v) is 14.0. The molecule has 0 saturated heterocycles. The summed E-state index contributed by atoms with van der Waals surface area (Å²) in [7, 11) is -2.17. The van der Waals surface area contributed by atoms with Crippen LogP contribution >= 0.6 is 11.3 Å². The van der Waals surface area contributed by atoms with Crippen LogP contribution in [0.4, 0.5) is 5.69 Å². The molecule has 23 heavy (non-hydrogen) atoms. The van der Waals surface area contributed by atoms with Gasteiger partial charge in [0.05, 0.1) is 9.77 Å². The first-order valence-electron chi connectivity index (χ1n) is 6.82. The highest BCUT2D eigenvalue weighted by Gasteiger charge is 2.12. The molecule has 0 fully saturated rings. The van der Waals surface area contributed by atoms with Gasteiger partial charge in [-0.1, -0.05) is 6.07 Å². The van der Waals surface area contributed by atoms with E-state index in [-0.39, 0.29) is 29.4 Å². The zero-order chi connectivity index (χ0) is 16.9. The maximum atomic E-state index is 11.8.